The van der Waals surface area contributed by atoms with Crippen LogP contribution in [0, 0.1) is 0 Å². The van der Waals surface area contributed by atoms with Crippen molar-refractivity contribution in [3.63, 3.8) is 0 Å². The third kappa shape index (κ3) is 4.38. The van der Waals surface area contributed by atoms with Crippen molar-refractivity contribution in [2.24, 2.45) is 0 Å². The lowest BCUT2D eigenvalue weighted by Gasteiger charge is -2.24. The summed E-state index contributed by atoms with van der Waals surface area (Å²) in [6, 6.07) is 3.47. The highest BCUT2D eigenvalue weighted by Gasteiger charge is 2.46. The molecule has 2 aromatic heterocycles. The van der Waals surface area contributed by atoms with Gasteiger partial charge in [-0.1, -0.05) is 6.07 Å². The van der Waals surface area contributed by atoms with Gasteiger partial charge in [0.25, 0.3) is 11.8 Å². The van der Waals surface area contributed by atoms with E-state index in [0.717, 1.165) is 16.2 Å². The van der Waals surface area contributed by atoms with Gasteiger partial charge >= 0.3 is 12.0 Å². The minimum Gasteiger partial charge on any atom is -0.486 e. The van der Waals surface area contributed by atoms with Crippen LogP contribution in [0.1, 0.15) is 22.1 Å². The molecule has 4 heterocycles. The number of carbonyl (C=O) groups excluding carboxylic acids is 3. The second kappa shape index (κ2) is 9.06. The number of benzene rings is 1. The van der Waals surface area contributed by atoms with Crippen molar-refractivity contribution in [2.45, 2.75) is 18.6 Å². The van der Waals surface area contributed by atoms with E-state index < -0.39 is 35.9 Å². The van der Waals surface area contributed by atoms with Gasteiger partial charge in [0.15, 0.2) is 22.3 Å². The average molecular weight is 498 g/mol. The van der Waals surface area contributed by atoms with Gasteiger partial charge in [-0.15, -0.1) is 11.3 Å². The Labute approximate surface area is 201 Å². The van der Waals surface area contributed by atoms with Crippen molar-refractivity contribution in [1.29, 1.82) is 0 Å². The number of rotatable bonds is 7. The molecule has 3 N–H and O–H groups in total. The van der Waals surface area contributed by atoms with Crippen molar-refractivity contribution >= 4 is 40.3 Å². The van der Waals surface area contributed by atoms with Crippen LogP contribution < -0.4 is 20.1 Å². The first kappa shape index (κ1) is 22.3. The zero-order valence-corrected chi connectivity index (χ0v) is 18.7. The highest BCUT2D eigenvalue weighted by molar-refractivity contribution is 7.14. The van der Waals surface area contributed by atoms with Gasteiger partial charge in [0.05, 0.1) is 6.54 Å². The summed E-state index contributed by atoms with van der Waals surface area (Å²) in [5, 5.41) is 19.5. The maximum atomic E-state index is 13.4. The molecule has 0 bridgehead atoms. The van der Waals surface area contributed by atoms with E-state index in [-0.39, 0.29) is 17.4 Å². The lowest BCUT2D eigenvalue weighted by molar-refractivity contribution is -0.134. The number of imide groups is 1. The molecule has 35 heavy (non-hydrogen) atoms. The predicted octanol–water partition coefficient (Wildman–Crippen LogP) is 1.11. The Kier molecular flexibility index (Phi) is 5.78. The number of hydrogen-bond acceptors (Lipinski definition) is 9. The molecule has 2 atom stereocenters. The summed E-state index contributed by atoms with van der Waals surface area (Å²) in [6.07, 6.45) is 3.09. The number of carboxylic acid groups (broad SMARTS) is 1. The van der Waals surface area contributed by atoms with E-state index in [9.17, 15) is 19.2 Å². The Bertz CT molecular complexity index is 1310. The number of carboxylic acids is 1. The van der Waals surface area contributed by atoms with Gasteiger partial charge in [-0.2, -0.15) is 5.10 Å². The Morgan fingerprint density at radius 3 is 2.77 bits per heavy atom. The number of thiazole rings is 1. The number of hydrogen-bond donors (Lipinski definition) is 3. The third-order valence-electron chi connectivity index (χ3n) is 5.36. The molecule has 5 rings (SSSR count). The maximum absolute atomic E-state index is 13.4. The molecule has 0 unspecified atom stereocenters. The van der Waals surface area contributed by atoms with Crippen molar-refractivity contribution in [3.8, 4) is 11.5 Å². The van der Waals surface area contributed by atoms with Crippen LogP contribution in [0.25, 0.3) is 0 Å². The molecular weight excluding hydrogens is 480 g/mol. The first-order chi connectivity index (χ1) is 16.9. The molecule has 13 nitrogen and oxygen atoms in total. The number of amides is 4. The van der Waals surface area contributed by atoms with Gasteiger partial charge in [0.1, 0.15) is 25.3 Å². The highest BCUT2D eigenvalue weighted by atomic mass is 32.1. The zero-order valence-electron chi connectivity index (χ0n) is 17.9. The number of ether oxygens (including phenoxy) is 2. The Hall–Kier alpha value is -4.46. The monoisotopic (exact) mass is 498 g/mol. The molecule has 1 aromatic carbocycles. The summed E-state index contributed by atoms with van der Waals surface area (Å²) in [5.74, 6) is -1.61. The van der Waals surface area contributed by atoms with Crippen LogP contribution in [-0.2, 0) is 16.1 Å². The van der Waals surface area contributed by atoms with Crippen LogP contribution in [-0.4, -0.2) is 67.8 Å². The predicted molar refractivity (Wildman–Crippen MR) is 119 cm³/mol. The number of aromatic carboxylic acids is 1. The third-order valence-corrected chi connectivity index (χ3v) is 6.12. The van der Waals surface area contributed by atoms with Gasteiger partial charge in [-0.3, -0.25) is 14.3 Å². The Morgan fingerprint density at radius 1 is 1.26 bits per heavy atom. The van der Waals surface area contributed by atoms with Gasteiger partial charge in [-0.05, 0) is 23.8 Å². The normalized spacial score (nSPS) is 17.7. The summed E-state index contributed by atoms with van der Waals surface area (Å²) in [6.45, 7) is 0.652. The minimum atomic E-state index is -1.29. The van der Waals surface area contributed by atoms with E-state index in [4.69, 9.17) is 14.6 Å². The summed E-state index contributed by atoms with van der Waals surface area (Å²) in [5.41, 5.74) is 0.238. The first-order valence-corrected chi connectivity index (χ1v) is 11.3. The number of nitrogens with one attached hydrogen (secondary N) is 2. The fourth-order valence-electron chi connectivity index (χ4n) is 3.74. The lowest BCUT2D eigenvalue weighted by Crippen LogP contribution is -2.50. The van der Waals surface area contributed by atoms with Crippen molar-refractivity contribution in [2.75, 3.05) is 18.5 Å². The number of nitrogens with zero attached hydrogens (tertiary/aromatic N) is 4. The molecule has 4 amide bonds. The molecule has 3 aromatic rings. The van der Waals surface area contributed by atoms with Crippen LogP contribution in [0.2, 0.25) is 0 Å². The van der Waals surface area contributed by atoms with Gasteiger partial charge < -0.3 is 25.2 Å². The van der Waals surface area contributed by atoms with Crippen LogP contribution in [0.15, 0.2) is 42.0 Å². The van der Waals surface area contributed by atoms with Crippen LogP contribution in [0.4, 0.5) is 9.93 Å². The largest absolute Gasteiger partial charge is 0.486 e. The molecule has 0 saturated carbocycles. The van der Waals surface area contributed by atoms with E-state index in [0.29, 0.717) is 30.3 Å². The van der Waals surface area contributed by atoms with E-state index >= 15 is 0 Å². The SMILES string of the molecule is O=C(O)c1csc(NC(=O)[C@H](Cn2cccn2)N2C(=O)N[C@H](c3ccc4c(c3)OCCO4)C2=O)n1. The quantitative estimate of drug-likeness (QED) is 0.405. The fraction of sp³-hybridized carbons (Fsp3) is 0.238. The standard InChI is InChI=1S/C21H18N6O7S/c28-17(25-20-23-12(10-35-20)19(30)31)13(9-26-5-1-4-22-26)27-18(29)16(24-21(27)32)11-2-3-14-15(8-11)34-7-6-33-14/h1-5,8,10,13,16H,6-7,9H2,(H,24,32)(H,30,31)(H,23,25,28)/t13-,16+/m0/s1. The van der Waals surface area contributed by atoms with Crippen molar-refractivity contribution < 1.29 is 33.8 Å². The second-order valence-corrected chi connectivity index (χ2v) is 8.43. The molecule has 180 valence electrons. The van der Waals surface area contributed by atoms with E-state index in [2.05, 4.69) is 20.7 Å². The number of aromatic nitrogens is 3. The van der Waals surface area contributed by atoms with Gasteiger partial charge in [0, 0.05) is 17.8 Å². The van der Waals surface area contributed by atoms with Crippen LogP contribution in [0.5, 0.6) is 11.5 Å². The smallest absolute Gasteiger partial charge is 0.355 e. The second-order valence-electron chi connectivity index (χ2n) is 7.57. The fourth-order valence-corrected chi connectivity index (χ4v) is 4.43. The summed E-state index contributed by atoms with van der Waals surface area (Å²) in [7, 11) is 0. The van der Waals surface area contributed by atoms with Crippen LogP contribution >= 0.6 is 11.3 Å². The van der Waals surface area contributed by atoms with E-state index in [1.807, 2.05) is 0 Å². The molecule has 1 saturated heterocycles. The topological polar surface area (TPSA) is 165 Å². The van der Waals surface area contributed by atoms with Gasteiger partial charge in [-0.25, -0.2) is 19.5 Å². The number of fused-ring (bicyclic) bond motifs is 1. The van der Waals surface area contributed by atoms with Crippen molar-refractivity contribution in [1.82, 2.24) is 25.0 Å². The molecule has 14 heteroatoms. The highest BCUT2D eigenvalue weighted by Crippen LogP contribution is 2.34. The average Bonchev–Trinajstić information content (AvgIpc) is 3.59. The molecule has 0 aliphatic carbocycles. The Morgan fingerprint density at radius 2 is 2.06 bits per heavy atom. The molecule has 0 spiro atoms. The number of anilines is 1. The number of carbonyl (C=O) groups is 4. The van der Waals surface area contributed by atoms with Gasteiger partial charge in [0.2, 0.25) is 0 Å². The minimum absolute atomic E-state index is 0.0216. The summed E-state index contributed by atoms with van der Waals surface area (Å²) >= 11 is 0.910. The summed E-state index contributed by atoms with van der Waals surface area (Å²) < 4.78 is 12.5. The molecule has 1 fully saturated rings. The van der Waals surface area contributed by atoms with Crippen molar-refractivity contribution in [3.05, 3.63) is 53.3 Å². The summed E-state index contributed by atoms with van der Waals surface area (Å²) in [4.78, 5) is 55.2. The Balaban J connectivity index is 1.41. The first-order valence-electron chi connectivity index (χ1n) is 10.4. The zero-order chi connectivity index (χ0) is 24.5. The maximum Gasteiger partial charge on any atom is 0.355 e. The lowest BCUT2D eigenvalue weighted by atomic mass is 10.1. The molecule has 0 radical (unpaired) electrons. The molecule has 2 aliphatic heterocycles. The van der Waals surface area contributed by atoms with E-state index in [1.54, 1.807) is 30.5 Å². The molecule has 2 aliphatic rings. The van der Waals surface area contributed by atoms with E-state index in [1.165, 1.54) is 16.3 Å². The van der Waals surface area contributed by atoms with Crippen LogP contribution in [0.3, 0.4) is 0 Å². The number of urea groups is 1. The molecular formula is C21H18N6O7S.